The molecule has 0 aromatic heterocycles. The Balaban J connectivity index is 2.22. The molecule has 0 radical (unpaired) electrons. The van der Waals surface area contributed by atoms with Gasteiger partial charge in [0.05, 0.1) is 5.60 Å². The fraction of sp³-hybridized carbons (Fsp3) is 1.00. The van der Waals surface area contributed by atoms with Crippen molar-refractivity contribution in [3.8, 4) is 0 Å². The van der Waals surface area contributed by atoms with E-state index in [1.54, 1.807) is 0 Å². The highest BCUT2D eigenvalue weighted by Gasteiger charge is 2.27. The van der Waals surface area contributed by atoms with Crippen LogP contribution in [0.3, 0.4) is 0 Å². The third-order valence-corrected chi connectivity index (χ3v) is 2.86. The summed E-state index contributed by atoms with van der Waals surface area (Å²) < 4.78 is 5.98. The first-order chi connectivity index (χ1) is 6.41. The third-order valence-electron chi connectivity index (χ3n) is 2.86. The van der Waals surface area contributed by atoms with E-state index < -0.39 is 0 Å². The molecular formula is C12H25NO. The van der Waals surface area contributed by atoms with Crippen molar-refractivity contribution in [2.75, 3.05) is 19.7 Å². The highest BCUT2D eigenvalue weighted by Crippen LogP contribution is 2.23. The second kappa shape index (κ2) is 4.63. The smallest absolute Gasteiger partial charge is 0.0778 e. The first-order valence-corrected chi connectivity index (χ1v) is 5.76. The van der Waals surface area contributed by atoms with Crippen molar-refractivity contribution in [2.45, 2.75) is 52.6 Å². The molecule has 1 fully saturated rings. The molecule has 0 aromatic rings. The van der Waals surface area contributed by atoms with E-state index in [1.165, 1.54) is 12.8 Å². The zero-order valence-electron chi connectivity index (χ0n) is 10.2. The Morgan fingerprint density at radius 3 is 2.57 bits per heavy atom. The number of rotatable bonds is 3. The van der Waals surface area contributed by atoms with Crippen LogP contribution in [0.2, 0.25) is 0 Å². The maximum Gasteiger partial charge on any atom is 0.0778 e. The van der Waals surface area contributed by atoms with E-state index in [4.69, 9.17) is 4.74 Å². The van der Waals surface area contributed by atoms with Gasteiger partial charge in [0.2, 0.25) is 0 Å². The molecule has 14 heavy (non-hydrogen) atoms. The summed E-state index contributed by atoms with van der Waals surface area (Å²) in [6.45, 7) is 12.1. The van der Waals surface area contributed by atoms with Crippen molar-refractivity contribution in [3.63, 3.8) is 0 Å². The largest absolute Gasteiger partial charge is 0.374 e. The van der Waals surface area contributed by atoms with E-state index >= 15 is 0 Å². The molecule has 84 valence electrons. The van der Waals surface area contributed by atoms with Crippen LogP contribution in [0.5, 0.6) is 0 Å². The molecule has 1 N–H and O–H groups in total. The molecule has 1 saturated heterocycles. The number of nitrogens with one attached hydrogen (secondary N) is 1. The summed E-state index contributed by atoms with van der Waals surface area (Å²) in [5, 5.41) is 3.40. The average Bonchev–Trinajstić information content (AvgIpc) is 2.02. The van der Waals surface area contributed by atoms with E-state index in [9.17, 15) is 0 Å². The van der Waals surface area contributed by atoms with Gasteiger partial charge in [-0.25, -0.2) is 0 Å². The summed E-state index contributed by atoms with van der Waals surface area (Å²) in [5.41, 5.74) is 0.474. The van der Waals surface area contributed by atoms with Gasteiger partial charge < -0.3 is 10.1 Å². The van der Waals surface area contributed by atoms with Crippen LogP contribution in [-0.4, -0.2) is 25.3 Å². The van der Waals surface area contributed by atoms with Crippen LogP contribution in [0.4, 0.5) is 0 Å². The van der Waals surface area contributed by atoms with Crippen LogP contribution in [0.1, 0.15) is 47.0 Å². The zero-order chi connectivity index (χ0) is 10.7. The lowest BCUT2D eigenvalue weighted by molar-refractivity contribution is -0.0544. The third kappa shape index (κ3) is 4.43. The second-order valence-electron chi connectivity index (χ2n) is 5.89. The number of piperidine rings is 1. The SMILES string of the molecule is CC(C)(C)CCOC1(C)CCCNC1. The molecule has 2 nitrogen and oxygen atoms in total. The van der Waals surface area contributed by atoms with Crippen molar-refractivity contribution in [1.29, 1.82) is 0 Å². The van der Waals surface area contributed by atoms with Crippen LogP contribution in [0.15, 0.2) is 0 Å². The molecule has 0 spiro atoms. The predicted octanol–water partition coefficient (Wildman–Crippen LogP) is 2.58. The van der Waals surface area contributed by atoms with Crippen LogP contribution in [0.25, 0.3) is 0 Å². The van der Waals surface area contributed by atoms with Crippen molar-refractivity contribution in [2.24, 2.45) is 5.41 Å². The van der Waals surface area contributed by atoms with E-state index in [0.29, 0.717) is 5.41 Å². The Bertz CT molecular complexity index is 166. The molecular weight excluding hydrogens is 174 g/mol. The van der Waals surface area contributed by atoms with Crippen LogP contribution in [0, 0.1) is 5.41 Å². The topological polar surface area (TPSA) is 21.3 Å². The number of ether oxygens (including phenoxy) is 1. The minimum absolute atomic E-state index is 0.0868. The van der Waals surface area contributed by atoms with Crippen molar-refractivity contribution in [1.82, 2.24) is 5.32 Å². The van der Waals surface area contributed by atoms with Crippen molar-refractivity contribution in [3.05, 3.63) is 0 Å². The molecule has 1 aliphatic rings. The molecule has 0 aliphatic carbocycles. The van der Waals surface area contributed by atoms with E-state index in [-0.39, 0.29) is 5.60 Å². The maximum absolute atomic E-state index is 5.98. The molecule has 1 atom stereocenters. The van der Waals surface area contributed by atoms with Crippen molar-refractivity contribution < 1.29 is 4.74 Å². The fourth-order valence-electron chi connectivity index (χ4n) is 1.76. The summed E-state index contributed by atoms with van der Waals surface area (Å²) in [6.07, 6.45) is 3.58. The number of hydrogen-bond donors (Lipinski definition) is 1. The molecule has 2 heteroatoms. The zero-order valence-corrected chi connectivity index (χ0v) is 10.2. The first-order valence-electron chi connectivity index (χ1n) is 5.76. The minimum Gasteiger partial charge on any atom is -0.374 e. The highest BCUT2D eigenvalue weighted by molar-refractivity contribution is 4.82. The Hall–Kier alpha value is -0.0800. The molecule has 1 aliphatic heterocycles. The molecule has 0 saturated carbocycles. The van der Waals surface area contributed by atoms with E-state index in [2.05, 4.69) is 33.0 Å². The van der Waals surface area contributed by atoms with Gasteiger partial charge >= 0.3 is 0 Å². The lowest BCUT2D eigenvalue weighted by Crippen LogP contribution is -2.45. The van der Waals surface area contributed by atoms with Gasteiger partial charge in [-0.15, -0.1) is 0 Å². The van der Waals surface area contributed by atoms with Gasteiger partial charge in [-0.05, 0) is 38.1 Å². The van der Waals surface area contributed by atoms with Gasteiger partial charge in [-0.1, -0.05) is 20.8 Å². The molecule has 0 aromatic carbocycles. The molecule has 1 rings (SSSR count). The molecule has 0 bridgehead atoms. The monoisotopic (exact) mass is 199 g/mol. The Kier molecular flexibility index (Phi) is 3.96. The molecule has 0 amide bonds. The normalized spacial score (nSPS) is 29.1. The van der Waals surface area contributed by atoms with E-state index in [0.717, 1.165) is 26.1 Å². The fourth-order valence-corrected chi connectivity index (χ4v) is 1.76. The first kappa shape index (κ1) is 12.0. The summed E-state index contributed by atoms with van der Waals surface area (Å²) in [5.74, 6) is 0. The Morgan fingerprint density at radius 1 is 1.36 bits per heavy atom. The lowest BCUT2D eigenvalue weighted by Gasteiger charge is -2.35. The van der Waals surface area contributed by atoms with Gasteiger partial charge in [0.15, 0.2) is 0 Å². The van der Waals surface area contributed by atoms with Gasteiger partial charge in [0, 0.05) is 13.2 Å². The van der Waals surface area contributed by atoms with Crippen LogP contribution < -0.4 is 5.32 Å². The van der Waals surface area contributed by atoms with Gasteiger partial charge in [0.1, 0.15) is 0 Å². The average molecular weight is 199 g/mol. The Morgan fingerprint density at radius 2 is 2.07 bits per heavy atom. The highest BCUT2D eigenvalue weighted by atomic mass is 16.5. The summed E-state index contributed by atoms with van der Waals surface area (Å²) in [6, 6.07) is 0. The summed E-state index contributed by atoms with van der Waals surface area (Å²) in [7, 11) is 0. The lowest BCUT2D eigenvalue weighted by atomic mass is 9.92. The van der Waals surface area contributed by atoms with Gasteiger partial charge in [-0.2, -0.15) is 0 Å². The van der Waals surface area contributed by atoms with Crippen LogP contribution in [-0.2, 0) is 4.74 Å². The van der Waals surface area contributed by atoms with Crippen molar-refractivity contribution >= 4 is 0 Å². The predicted molar refractivity (Wildman–Crippen MR) is 60.5 cm³/mol. The van der Waals surface area contributed by atoms with E-state index in [1.807, 2.05) is 0 Å². The second-order valence-corrected chi connectivity index (χ2v) is 5.89. The van der Waals surface area contributed by atoms with Gasteiger partial charge in [-0.3, -0.25) is 0 Å². The maximum atomic E-state index is 5.98. The number of hydrogen-bond acceptors (Lipinski definition) is 2. The van der Waals surface area contributed by atoms with Crippen LogP contribution >= 0.6 is 0 Å². The summed E-state index contributed by atoms with van der Waals surface area (Å²) >= 11 is 0. The summed E-state index contributed by atoms with van der Waals surface area (Å²) in [4.78, 5) is 0. The molecule has 1 heterocycles. The standard InChI is InChI=1S/C12H25NO/c1-11(2,3)7-9-14-12(4)6-5-8-13-10-12/h13H,5-10H2,1-4H3. The Labute approximate surface area is 88.4 Å². The quantitative estimate of drug-likeness (QED) is 0.754. The molecule has 1 unspecified atom stereocenters. The minimum atomic E-state index is 0.0868. The van der Waals surface area contributed by atoms with Gasteiger partial charge in [0.25, 0.3) is 0 Å².